The molecule has 2 aliphatic carbocycles. The van der Waals surface area contributed by atoms with Gasteiger partial charge in [0.05, 0.1) is 29.8 Å². The molecule has 3 unspecified atom stereocenters. The van der Waals surface area contributed by atoms with Crippen LogP contribution in [0.3, 0.4) is 0 Å². The molecule has 12 heteroatoms. The Bertz CT molecular complexity index is 1060. The summed E-state index contributed by atoms with van der Waals surface area (Å²) in [5.74, 6) is -2.17. The van der Waals surface area contributed by atoms with Crippen LogP contribution >= 0.6 is 0 Å². The van der Waals surface area contributed by atoms with Crippen molar-refractivity contribution >= 4 is 23.6 Å². The minimum atomic E-state index is -1.25. The third kappa shape index (κ3) is 8.46. The Morgan fingerprint density at radius 2 is 1.58 bits per heavy atom. The number of nitrogens with two attached hydrogens (primary N) is 1. The highest BCUT2D eigenvalue weighted by Gasteiger charge is 2.69. The Hall–Kier alpha value is -2.28. The zero-order valence-corrected chi connectivity index (χ0v) is 27.6. The zero-order valence-electron chi connectivity index (χ0n) is 27.6. The molecule has 2 saturated carbocycles. The van der Waals surface area contributed by atoms with Crippen LogP contribution in [0.25, 0.3) is 0 Å². The van der Waals surface area contributed by atoms with Crippen molar-refractivity contribution in [1.82, 2.24) is 20.9 Å². The van der Waals surface area contributed by atoms with E-state index < -0.39 is 71.3 Å². The lowest BCUT2D eigenvalue weighted by Gasteiger charge is -2.43. The number of carbonyl (C=O) groups excluding carboxylic acids is 4. The average Bonchev–Trinajstić information content (AvgIpc) is 3.69. The van der Waals surface area contributed by atoms with E-state index in [1.807, 2.05) is 55.4 Å². The summed E-state index contributed by atoms with van der Waals surface area (Å²) in [4.78, 5) is 53.1. The molecule has 0 aromatic rings. The van der Waals surface area contributed by atoms with E-state index in [2.05, 4.69) is 29.8 Å². The van der Waals surface area contributed by atoms with E-state index in [1.165, 1.54) is 0 Å². The van der Waals surface area contributed by atoms with Crippen molar-refractivity contribution in [2.24, 2.45) is 40.2 Å². The lowest BCUT2D eigenvalue weighted by Crippen LogP contribution is -2.64. The first kappa shape index (κ1) is 35.2. The van der Waals surface area contributed by atoms with Gasteiger partial charge in [0.15, 0.2) is 6.29 Å². The summed E-state index contributed by atoms with van der Waals surface area (Å²) in [7, 11) is 0. The van der Waals surface area contributed by atoms with Gasteiger partial charge in [-0.1, -0.05) is 61.3 Å². The predicted octanol–water partition coefficient (Wildman–Crippen LogP) is 1.47. The maximum Gasteiger partial charge on any atom is 0.315 e. The number of likely N-dealkylation sites (tertiary alicyclic amines) is 1. The second-order valence-corrected chi connectivity index (χ2v) is 15.8. The average molecular weight is 610 g/mol. The maximum absolute atomic E-state index is 13.8. The van der Waals surface area contributed by atoms with E-state index in [0.717, 1.165) is 12.8 Å². The monoisotopic (exact) mass is 609 g/mol. The molecule has 3 fully saturated rings. The molecular formula is C31H55N5O7. The first-order valence-electron chi connectivity index (χ1n) is 15.6. The summed E-state index contributed by atoms with van der Waals surface area (Å²) in [5, 5.41) is 31.0. The molecular weight excluding hydrogens is 554 g/mol. The van der Waals surface area contributed by atoms with Crippen LogP contribution in [0.2, 0.25) is 0 Å². The van der Waals surface area contributed by atoms with Crippen LogP contribution in [0, 0.1) is 34.5 Å². The van der Waals surface area contributed by atoms with Gasteiger partial charge < -0.3 is 36.6 Å². The van der Waals surface area contributed by atoms with Gasteiger partial charge in [-0.05, 0) is 61.7 Å². The summed E-state index contributed by atoms with van der Waals surface area (Å²) in [6.07, 6.45) is -0.275. The van der Waals surface area contributed by atoms with Gasteiger partial charge in [-0.3, -0.25) is 19.3 Å². The van der Waals surface area contributed by atoms with Crippen LogP contribution in [0.4, 0.5) is 4.79 Å². The topological polar surface area (TPSA) is 183 Å². The fourth-order valence-corrected chi connectivity index (χ4v) is 6.51. The van der Waals surface area contributed by atoms with Crippen molar-refractivity contribution in [3.63, 3.8) is 0 Å². The first-order valence-corrected chi connectivity index (χ1v) is 15.6. The summed E-state index contributed by atoms with van der Waals surface area (Å²) in [6, 6.07) is -3.89. The molecule has 0 radical (unpaired) electrons. The normalized spacial score (nSPS) is 27.0. The molecule has 1 heterocycles. The molecule has 246 valence electrons. The van der Waals surface area contributed by atoms with Crippen molar-refractivity contribution in [2.75, 3.05) is 6.54 Å². The third-order valence-electron chi connectivity index (χ3n) is 9.31. The number of urea groups is 1. The molecule has 0 aromatic heterocycles. The molecule has 0 aromatic carbocycles. The van der Waals surface area contributed by atoms with Crippen molar-refractivity contribution in [1.29, 1.82) is 0 Å². The highest BCUT2D eigenvalue weighted by Crippen LogP contribution is 2.65. The molecule has 0 bridgehead atoms. The fourth-order valence-electron chi connectivity index (χ4n) is 6.51. The summed E-state index contributed by atoms with van der Waals surface area (Å²) >= 11 is 0. The van der Waals surface area contributed by atoms with Gasteiger partial charge >= 0.3 is 6.03 Å². The highest BCUT2D eigenvalue weighted by molar-refractivity contribution is 6.37. The Labute approximate surface area is 256 Å². The van der Waals surface area contributed by atoms with E-state index in [9.17, 15) is 29.4 Å². The van der Waals surface area contributed by atoms with Crippen LogP contribution in [0.1, 0.15) is 88.5 Å². The number of ether oxygens (including phenoxy) is 1. The molecule has 12 nitrogen and oxygen atoms in total. The van der Waals surface area contributed by atoms with E-state index >= 15 is 0 Å². The zero-order chi connectivity index (χ0) is 32.8. The van der Waals surface area contributed by atoms with Crippen LogP contribution in [-0.2, 0) is 19.1 Å². The Balaban J connectivity index is 1.80. The number of carbonyl (C=O) groups is 4. The third-order valence-corrected chi connectivity index (χ3v) is 9.31. The first-order chi connectivity index (χ1) is 19.6. The molecule has 43 heavy (non-hydrogen) atoms. The number of aliphatic hydroxyl groups excluding tert-OH is 2. The molecule has 8 atom stereocenters. The number of primary amides is 1. The number of ketones is 1. The predicted molar refractivity (Wildman–Crippen MR) is 161 cm³/mol. The van der Waals surface area contributed by atoms with Gasteiger partial charge in [-0.2, -0.15) is 0 Å². The van der Waals surface area contributed by atoms with Crippen molar-refractivity contribution < 1.29 is 34.1 Å². The van der Waals surface area contributed by atoms with Gasteiger partial charge in [0.2, 0.25) is 11.7 Å². The lowest BCUT2D eigenvalue weighted by atomic mass is 9.84. The number of fused-ring (bicyclic) bond motifs is 1. The number of piperidine rings is 1. The number of aliphatic hydroxyl groups is 2. The van der Waals surface area contributed by atoms with Crippen LogP contribution in [0.15, 0.2) is 0 Å². The number of nitrogens with one attached hydrogen (secondary N) is 3. The van der Waals surface area contributed by atoms with Crippen LogP contribution in [0.5, 0.6) is 0 Å². The molecule has 7 N–H and O–H groups in total. The van der Waals surface area contributed by atoms with Crippen molar-refractivity contribution in [3.8, 4) is 0 Å². The lowest BCUT2D eigenvalue weighted by molar-refractivity contribution is -0.184. The molecule has 3 rings (SSSR count). The fraction of sp³-hybridized carbons (Fsp3) is 0.871. The van der Waals surface area contributed by atoms with E-state index in [-0.39, 0.29) is 29.1 Å². The Morgan fingerprint density at radius 3 is 2.05 bits per heavy atom. The SMILES string of the molecule is CC(C)[C@H](NC(=O)N[C@H](C(O)N1C[C@H]2[C@@H]([C@H]1C(=O)NC(CC1CC1)C(=O)C(N)=O)C2(C)C)C(C)(C)C)C(O)OC(C)(C)C. The standard InChI is InChI=1S/C31H55N5O7/c1-15(2)20(27(41)43-30(6,7)8)34-28(42)35-23(29(3,4)5)26(40)36-14-17-19(31(17,9)10)21(36)25(39)33-18(13-16-11-12-16)22(37)24(32)38/h15-21,23,26-27,40-41H,11-14H2,1-10H3,(H2,32,38)(H,33,39)(H2,34,35,42)/t17-,18?,19-,20-,21-,23+,26?,27?/m0/s1. The van der Waals surface area contributed by atoms with Gasteiger partial charge in [0.1, 0.15) is 6.23 Å². The Kier molecular flexibility index (Phi) is 10.3. The smallest absolute Gasteiger partial charge is 0.315 e. The quantitative estimate of drug-likeness (QED) is 0.134. The van der Waals surface area contributed by atoms with E-state index in [4.69, 9.17) is 10.5 Å². The molecule has 0 spiro atoms. The molecule has 3 aliphatic rings. The minimum Gasteiger partial charge on any atom is -0.376 e. The number of hydrogen-bond acceptors (Lipinski definition) is 8. The van der Waals surface area contributed by atoms with E-state index in [0.29, 0.717) is 13.0 Å². The molecule has 1 aliphatic heterocycles. The second kappa shape index (κ2) is 12.6. The Morgan fingerprint density at radius 1 is 1.00 bits per heavy atom. The van der Waals surface area contributed by atoms with Gasteiger partial charge in [-0.25, -0.2) is 4.79 Å². The number of amides is 4. The second-order valence-electron chi connectivity index (χ2n) is 15.8. The van der Waals surface area contributed by atoms with Crippen LogP contribution in [-0.4, -0.2) is 87.6 Å². The highest BCUT2D eigenvalue weighted by atomic mass is 16.6. The number of Topliss-reactive ketones (excluding diaryl/α,β-unsaturated/α-hetero) is 1. The van der Waals surface area contributed by atoms with E-state index in [1.54, 1.807) is 4.90 Å². The number of rotatable bonds is 13. The van der Waals surface area contributed by atoms with Crippen molar-refractivity contribution in [3.05, 3.63) is 0 Å². The number of nitrogens with zero attached hydrogens (tertiary/aromatic N) is 1. The summed E-state index contributed by atoms with van der Waals surface area (Å²) < 4.78 is 5.69. The minimum absolute atomic E-state index is 0.0723. The van der Waals surface area contributed by atoms with Crippen LogP contribution < -0.4 is 21.7 Å². The maximum atomic E-state index is 13.8. The molecule has 1 saturated heterocycles. The van der Waals surface area contributed by atoms with Gasteiger partial charge in [0.25, 0.3) is 5.91 Å². The summed E-state index contributed by atoms with van der Waals surface area (Å²) in [6.45, 7) is 19.4. The molecule has 4 amide bonds. The number of hydrogen-bond donors (Lipinski definition) is 6. The van der Waals surface area contributed by atoms with Gasteiger partial charge in [0, 0.05) is 6.54 Å². The summed E-state index contributed by atoms with van der Waals surface area (Å²) in [5.41, 5.74) is 3.88. The van der Waals surface area contributed by atoms with Gasteiger partial charge in [-0.15, -0.1) is 0 Å². The van der Waals surface area contributed by atoms with Crippen molar-refractivity contribution in [2.45, 2.75) is 131 Å². The largest absolute Gasteiger partial charge is 0.376 e.